The molecule has 0 aliphatic rings. The van der Waals surface area contributed by atoms with Crippen molar-refractivity contribution in [3.8, 4) is 22.3 Å². The van der Waals surface area contributed by atoms with Crippen molar-refractivity contribution in [3.63, 3.8) is 0 Å². The van der Waals surface area contributed by atoms with Gasteiger partial charge in [-0.1, -0.05) is 213 Å². The molecule has 0 radical (unpaired) electrons. The number of hydrogen-bond donors (Lipinski definition) is 0. The summed E-state index contributed by atoms with van der Waals surface area (Å²) < 4.78 is 31.0. The molecule has 332 valence electrons. The summed E-state index contributed by atoms with van der Waals surface area (Å²) in [5.74, 6) is 0.0124. The predicted molar refractivity (Wildman–Crippen MR) is 267 cm³/mol. The van der Waals surface area contributed by atoms with Crippen molar-refractivity contribution >= 4 is 0 Å². The molecule has 0 aromatic heterocycles. The van der Waals surface area contributed by atoms with Crippen LogP contribution in [0.15, 0.2) is 133 Å². The first-order valence-electron chi connectivity index (χ1n) is 24.8. The molecule has 0 N–H and O–H groups in total. The van der Waals surface area contributed by atoms with E-state index in [4.69, 9.17) is 0 Å². The van der Waals surface area contributed by atoms with Crippen molar-refractivity contribution < 1.29 is 8.78 Å². The third kappa shape index (κ3) is 14.3. The number of unbranched alkanes of at least 4 members (excludes halogenated alkanes) is 10. The molecular formula is C61H74F2. The standard InChI is InChI=1S/C61H74F2/c1-5-9-12-14-17-20-47-22-24-50(25-23-47)42-59(55-38-36-53(37-39-55)56-40-30-46(8-4)44-60(56)62)58(54-32-26-48(27-33-54)19-16-11-7-3)43-51-28-34-52(35-29-51)57-41-31-49(45-61(57)63)21-18-15-13-10-6-2/h22-41,44-45,58-59H,5-21,42-43H2,1-4H3. The molecule has 2 atom stereocenters. The van der Waals surface area contributed by atoms with E-state index in [1.54, 1.807) is 12.1 Å². The van der Waals surface area contributed by atoms with Crippen LogP contribution in [-0.2, 0) is 38.5 Å². The van der Waals surface area contributed by atoms with Gasteiger partial charge in [0.25, 0.3) is 0 Å². The average Bonchev–Trinajstić information content (AvgIpc) is 3.31. The van der Waals surface area contributed by atoms with E-state index in [2.05, 4.69) is 131 Å². The molecule has 0 spiro atoms. The quantitative estimate of drug-likeness (QED) is 0.0477. The number of halogens is 2. The molecule has 0 aliphatic carbocycles. The van der Waals surface area contributed by atoms with E-state index in [1.807, 2.05) is 18.2 Å². The van der Waals surface area contributed by atoms with Crippen molar-refractivity contribution in [1.82, 2.24) is 0 Å². The third-order valence-electron chi connectivity index (χ3n) is 13.4. The predicted octanol–water partition coefficient (Wildman–Crippen LogP) is 18.0. The second-order valence-electron chi connectivity index (χ2n) is 18.3. The Kier molecular flexibility index (Phi) is 19.3. The second-order valence-corrected chi connectivity index (χ2v) is 18.3. The first-order chi connectivity index (χ1) is 30.9. The zero-order chi connectivity index (χ0) is 44.2. The molecule has 2 heteroatoms. The summed E-state index contributed by atoms with van der Waals surface area (Å²) in [5.41, 5.74) is 13.2. The molecule has 6 rings (SSSR count). The van der Waals surface area contributed by atoms with Gasteiger partial charge in [0.2, 0.25) is 0 Å². The highest BCUT2D eigenvalue weighted by atomic mass is 19.1. The smallest absolute Gasteiger partial charge is 0.131 e. The minimum atomic E-state index is -0.168. The van der Waals surface area contributed by atoms with Gasteiger partial charge in [-0.15, -0.1) is 0 Å². The van der Waals surface area contributed by atoms with Crippen molar-refractivity contribution in [2.75, 3.05) is 0 Å². The fourth-order valence-corrected chi connectivity index (χ4v) is 9.40. The molecule has 63 heavy (non-hydrogen) atoms. The molecule has 0 nitrogen and oxygen atoms in total. The maximum absolute atomic E-state index is 15.6. The topological polar surface area (TPSA) is 0 Å². The minimum Gasteiger partial charge on any atom is -0.206 e. The van der Waals surface area contributed by atoms with Crippen LogP contribution in [-0.4, -0.2) is 0 Å². The van der Waals surface area contributed by atoms with Crippen molar-refractivity contribution in [3.05, 3.63) is 190 Å². The number of rotatable bonds is 26. The van der Waals surface area contributed by atoms with Crippen molar-refractivity contribution in [2.24, 2.45) is 0 Å². The maximum atomic E-state index is 15.6. The van der Waals surface area contributed by atoms with E-state index in [-0.39, 0.29) is 23.5 Å². The SMILES string of the molecule is CCCCCCCc1ccc(CC(c2ccc(-c3ccc(CC)cc3F)cc2)C(Cc2ccc(-c3ccc(CCCCCCC)cc3F)cc2)c2ccc(CCCCC)cc2)cc1. The Morgan fingerprint density at radius 1 is 0.333 bits per heavy atom. The lowest BCUT2D eigenvalue weighted by Crippen LogP contribution is -2.17. The molecule has 0 amide bonds. The van der Waals surface area contributed by atoms with Crippen LogP contribution in [0.25, 0.3) is 22.3 Å². The molecule has 6 aromatic carbocycles. The summed E-state index contributed by atoms with van der Waals surface area (Å²) in [7, 11) is 0. The first kappa shape index (κ1) is 47.7. The monoisotopic (exact) mass is 845 g/mol. The van der Waals surface area contributed by atoms with Crippen LogP contribution in [0.2, 0.25) is 0 Å². The summed E-state index contributed by atoms with van der Waals surface area (Å²) in [6, 6.07) is 47.6. The van der Waals surface area contributed by atoms with Crippen LogP contribution in [0.4, 0.5) is 8.78 Å². The Bertz CT molecular complexity index is 2210. The van der Waals surface area contributed by atoms with Gasteiger partial charge in [0.1, 0.15) is 11.6 Å². The molecular weight excluding hydrogens is 771 g/mol. The fourth-order valence-electron chi connectivity index (χ4n) is 9.40. The summed E-state index contributed by atoms with van der Waals surface area (Å²) in [6.45, 7) is 8.83. The fraction of sp³-hybridized carbons (Fsp3) is 0.410. The van der Waals surface area contributed by atoms with Gasteiger partial charge in [-0.3, -0.25) is 0 Å². The Morgan fingerprint density at radius 3 is 1.14 bits per heavy atom. The van der Waals surface area contributed by atoms with Gasteiger partial charge in [-0.25, -0.2) is 8.78 Å². The molecule has 0 saturated heterocycles. The van der Waals surface area contributed by atoms with Crippen LogP contribution in [0, 0.1) is 11.6 Å². The summed E-state index contributed by atoms with van der Waals surface area (Å²) >= 11 is 0. The number of benzene rings is 6. The van der Waals surface area contributed by atoms with Crippen LogP contribution in [0.1, 0.15) is 168 Å². The molecule has 0 fully saturated rings. The zero-order valence-corrected chi connectivity index (χ0v) is 39.0. The van der Waals surface area contributed by atoms with Gasteiger partial charge in [0.15, 0.2) is 0 Å². The van der Waals surface area contributed by atoms with Gasteiger partial charge in [0, 0.05) is 11.1 Å². The van der Waals surface area contributed by atoms with Crippen LogP contribution >= 0.6 is 0 Å². The Hall–Kier alpha value is -4.82. The Labute approximate surface area is 380 Å². The lowest BCUT2D eigenvalue weighted by molar-refractivity contribution is 0.531. The molecule has 0 aliphatic heterocycles. The van der Waals surface area contributed by atoms with E-state index < -0.39 is 0 Å². The molecule has 0 saturated carbocycles. The van der Waals surface area contributed by atoms with Gasteiger partial charge >= 0.3 is 0 Å². The van der Waals surface area contributed by atoms with Gasteiger partial charge in [0.05, 0.1) is 0 Å². The van der Waals surface area contributed by atoms with Gasteiger partial charge in [-0.05, 0) is 137 Å². The molecule has 0 bridgehead atoms. The zero-order valence-electron chi connectivity index (χ0n) is 39.0. The van der Waals surface area contributed by atoms with E-state index in [9.17, 15) is 0 Å². The summed E-state index contributed by atoms with van der Waals surface area (Å²) in [6.07, 6.45) is 21.9. The molecule has 6 aromatic rings. The van der Waals surface area contributed by atoms with Crippen LogP contribution in [0.3, 0.4) is 0 Å². The Balaban J connectivity index is 1.31. The normalized spacial score (nSPS) is 12.4. The Morgan fingerprint density at radius 2 is 0.667 bits per heavy atom. The average molecular weight is 845 g/mol. The van der Waals surface area contributed by atoms with E-state index in [0.29, 0.717) is 11.1 Å². The van der Waals surface area contributed by atoms with Crippen LogP contribution < -0.4 is 0 Å². The van der Waals surface area contributed by atoms with Gasteiger partial charge in [-0.2, -0.15) is 0 Å². The summed E-state index contributed by atoms with van der Waals surface area (Å²) in [4.78, 5) is 0. The van der Waals surface area contributed by atoms with Gasteiger partial charge < -0.3 is 0 Å². The highest BCUT2D eigenvalue weighted by molar-refractivity contribution is 5.66. The third-order valence-corrected chi connectivity index (χ3v) is 13.4. The van der Waals surface area contributed by atoms with E-state index in [1.165, 1.54) is 110 Å². The largest absolute Gasteiger partial charge is 0.206 e. The maximum Gasteiger partial charge on any atom is 0.131 e. The number of aryl methyl sites for hydroxylation is 4. The van der Waals surface area contributed by atoms with E-state index in [0.717, 1.165) is 67.2 Å². The van der Waals surface area contributed by atoms with Crippen molar-refractivity contribution in [2.45, 2.75) is 162 Å². The number of hydrogen-bond acceptors (Lipinski definition) is 0. The first-order valence-corrected chi connectivity index (χ1v) is 24.8. The molecule has 2 unspecified atom stereocenters. The summed E-state index contributed by atoms with van der Waals surface area (Å²) in [5, 5.41) is 0. The minimum absolute atomic E-state index is 0.141. The lowest BCUT2D eigenvalue weighted by atomic mass is 9.74. The second kappa shape index (κ2) is 25.5. The highest BCUT2D eigenvalue weighted by Gasteiger charge is 2.27. The van der Waals surface area contributed by atoms with E-state index >= 15 is 8.78 Å². The molecule has 0 heterocycles. The van der Waals surface area contributed by atoms with Crippen molar-refractivity contribution in [1.29, 1.82) is 0 Å². The highest BCUT2D eigenvalue weighted by Crippen LogP contribution is 2.40. The lowest BCUT2D eigenvalue weighted by Gasteiger charge is -2.29. The van der Waals surface area contributed by atoms with Crippen LogP contribution in [0.5, 0.6) is 0 Å².